The molecule has 2 unspecified atom stereocenters. The molecule has 4 nitrogen and oxygen atoms in total. The van der Waals surface area contributed by atoms with Crippen LogP contribution in [0.25, 0.3) is 0 Å². The van der Waals surface area contributed by atoms with Gasteiger partial charge in [0.05, 0.1) is 18.3 Å². The summed E-state index contributed by atoms with van der Waals surface area (Å²) in [4.78, 5) is 14.7. The third-order valence-corrected chi connectivity index (χ3v) is 11.5. The van der Waals surface area contributed by atoms with E-state index in [4.69, 9.17) is 4.74 Å². The van der Waals surface area contributed by atoms with Gasteiger partial charge in [0.15, 0.2) is 5.78 Å². The fourth-order valence-electron chi connectivity index (χ4n) is 9.89. The van der Waals surface area contributed by atoms with E-state index < -0.39 is 0 Å². The fourth-order valence-corrected chi connectivity index (χ4v) is 9.89. The molecule has 4 fully saturated rings. The second-order valence-corrected chi connectivity index (χ2v) is 13.3. The third kappa shape index (κ3) is 3.38. The molecule has 2 heterocycles. The number of ketones is 1. The third-order valence-electron chi connectivity index (χ3n) is 11.5. The smallest absolute Gasteiger partial charge is 0.155 e. The molecule has 0 bridgehead atoms. The van der Waals surface area contributed by atoms with Crippen molar-refractivity contribution in [1.82, 2.24) is 4.90 Å². The van der Waals surface area contributed by atoms with Gasteiger partial charge in [-0.05, 0) is 93.5 Å². The predicted octanol–water partition coefficient (Wildman–Crippen LogP) is 5.30. The van der Waals surface area contributed by atoms with Gasteiger partial charge in [-0.3, -0.25) is 9.69 Å². The molecule has 6 aliphatic rings. The summed E-state index contributed by atoms with van der Waals surface area (Å²) in [5, 5.41) is 9.72. The van der Waals surface area contributed by atoms with Crippen molar-refractivity contribution in [3.8, 4) is 0 Å². The number of β-amino-alcohol motifs (C(OH)–C–C–N with tert-alkyl or cyclic N) is 1. The maximum Gasteiger partial charge on any atom is 0.155 e. The van der Waals surface area contributed by atoms with Crippen LogP contribution in [0.3, 0.4) is 0 Å². The van der Waals surface area contributed by atoms with E-state index in [0.717, 1.165) is 57.0 Å². The minimum atomic E-state index is -0.0368. The fraction of sp³-hybridized carbons (Fsp3) is 0.833. The molecule has 1 N–H and O–H groups in total. The lowest BCUT2D eigenvalue weighted by molar-refractivity contribution is -0.116. The molecule has 4 aliphatic carbocycles. The maximum atomic E-state index is 12.1. The number of ether oxygens (including phenoxy) is 1. The topological polar surface area (TPSA) is 49.8 Å². The Kier molecular flexibility index (Phi) is 5.71. The Labute approximate surface area is 206 Å². The summed E-state index contributed by atoms with van der Waals surface area (Å²) < 4.78 is 7.12. The van der Waals surface area contributed by atoms with Crippen molar-refractivity contribution in [3.05, 3.63) is 22.8 Å². The Bertz CT molecular complexity index is 922. The second-order valence-electron chi connectivity index (χ2n) is 13.3. The first-order chi connectivity index (χ1) is 16.3. The number of piperidine rings is 1. The van der Waals surface area contributed by atoms with Crippen LogP contribution >= 0.6 is 0 Å². The van der Waals surface area contributed by atoms with Crippen LogP contribution < -0.4 is 0 Å². The summed E-state index contributed by atoms with van der Waals surface area (Å²) >= 11 is 0. The molecule has 34 heavy (non-hydrogen) atoms. The number of carbonyl (C=O) groups excluding carboxylic acids is 1. The van der Waals surface area contributed by atoms with Crippen LogP contribution in [0.2, 0.25) is 0 Å². The maximum absolute atomic E-state index is 12.1. The average molecular weight is 468 g/mol. The van der Waals surface area contributed by atoms with Gasteiger partial charge in [0.2, 0.25) is 0 Å². The minimum absolute atomic E-state index is 0.0368. The molecule has 188 valence electrons. The number of nitrogens with zero attached hydrogens (tertiary/aromatic N) is 1. The van der Waals surface area contributed by atoms with Crippen LogP contribution in [0.5, 0.6) is 0 Å². The number of carbonyl (C=O) groups is 1. The summed E-state index contributed by atoms with van der Waals surface area (Å²) in [6.07, 6.45) is 12.5. The molecule has 1 spiro atoms. The van der Waals surface area contributed by atoms with Crippen LogP contribution in [0, 0.1) is 35.0 Å². The molecule has 0 aromatic heterocycles. The summed E-state index contributed by atoms with van der Waals surface area (Å²) in [7, 11) is 0. The lowest BCUT2D eigenvalue weighted by atomic mass is 9.56. The van der Waals surface area contributed by atoms with Crippen molar-refractivity contribution in [3.63, 3.8) is 0 Å². The van der Waals surface area contributed by atoms with Crippen molar-refractivity contribution >= 4 is 5.78 Å². The first-order valence-corrected chi connectivity index (χ1v) is 14.2. The first kappa shape index (κ1) is 23.4. The largest absolute Gasteiger partial charge is 0.395 e. The molecule has 0 aromatic carbocycles. The summed E-state index contributed by atoms with van der Waals surface area (Å²) in [6, 6.07) is 0.452. The lowest BCUT2D eigenvalue weighted by Crippen LogP contribution is -2.52. The molecular weight excluding hydrogens is 422 g/mol. The van der Waals surface area contributed by atoms with Crippen LogP contribution in [0.4, 0.5) is 0 Å². The average Bonchev–Trinajstić information content (AvgIpc) is 3.25. The Morgan fingerprint density at radius 2 is 2.03 bits per heavy atom. The quantitative estimate of drug-likeness (QED) is 0.560. The second kappa shape index (κ2) is 8.28. The van der Waals surface area contributed by atoms with Crippen molar-refractivity contribution in [1.29, 1.82) is 0 Å². The first-order valence-electron chi connectivity index (χ1n) is 14.2. The minimum Gasteiger partial charge on any atom is -0.395 e. The highest BCUT2D eigenvalue weighted by Crippen LogP contribution is 2.64. The zero-order valence-electron chi connectivity index (χ0n) is 21.8. The molecule has 6 rings (SSSR count). The van der Waals surface area contributed by atoms with E-state index in [1.54, 1.807) is 11.1 Å². The number of likely N-dealkylation sites (tertiary alicyclic amines) is 1. The Morgan fingerprint density at radius 3 is 2.82 bits per heavy atom. The number of fused-ring (bicyclic) bond motifs is 6. The molecule has 2 saturated heterocycles. The molecule has 9 atom stereocenters. The van der Waals surface area contributed by atoms with E-state index in [-0.39, 0.29) is 17.6 Å². The summed E-state index contributed by atoms with van der Waals surface area (Å²) in [6.45, 7) is 11.8. The van der Waals surface area contributed by atoms with Gasteiger partial charge in [-0.25, -0.2) is 0 Å². The normalized spacial score (nSPS) is 48.8. The van der Waals surface area contributed by atoms with E-state index in [1.807, 2.05) is 6.08 Å². The van der Waals surface area contributed by atoms with Crippen LogP contribution in [-0.2, 0) is 9.53 Å². The van der Waals surface area contributed by atoms with Crippen molar-refractivity contribution in [2.24, 2.45) is 35.0 Å². The van der Waals surface area contributed by atoms with Gasteiger partial charge < -0.3 is 9.84 Å². The van der Waals surface area contributed by atoms with Gasteiger partial charge >= 0.3 is 0 Å². The van der Waals surface area contributed by atoms with Crippen LogP contribution in [0.15, 0.2) is 22.8 Å². The van der Waals surface area contributed by atoms with Gasteiger partial charge in [-0.1, -0.05) is 37.5 Å². The number of allylic oxidation sites excluding steroid dienone is 3. The zero-order chi connectivity index (χ0) is 23.8. The highest BCUT2D eigenvalue weighted by Gasteiger charge is 2.59. The van der Waals surface area contributed by atoms with Crippen molar-refractivity contribution in [2.75, 3.05) is 19.7 Å². The SMILES string of the molecule is CC1=C2C[C@H]3[C@@H](CCC4=CC(=O)CCC43C)[C@@H]2CCC2(C1)O[C@@H]1C[C@H](C)CN(CCO)[C@H]1[C@H]2C. The van der Waals surface area contributed by atoms with E-state index >= 15 is 0 Å². The molecule has 0 aromatic rings. The van der Waals surface area contributed by atoms with E-state index in [0.29, 0.717) is 35.7 Å². The molecule has 0 radical (unpaired) electrons. The number of aliphatic hydroxyl groups is 1. The zero-order valence-corrected chi connectivity index (χ0v) is 21.8. The van der Waals surface area contributed by atoms with Crippen LogP contribution in [0.1, 0.15) is 85.5 Å². The number of hydrogen-bond donors (Lipinski definition) is 1. The predicted molar refractivity (Wildman–Crippen MR) is 134 cm³/mol. The molecule has 0 amide bonds. The summed E-state index contributed by atoms with van der Waals surface area (Å²) in [5.74, 6) is 3.70. The Hall–Kier alpha value is -0.970. The monoisotopic (exact) mass is 467 g/mol. The van der Waals surface area contributed by atoms with Crippen LogP contribution in [-0.4, -0.2) is 53.2 Å². The highest BCUT2D eigenvalue weighted by molar-refractivity contribution is 5.91. The van der Waals surface area contributed by atoms with Gasteiger partial charge in [0.1, 0.15) is 0 Å². The standard InChI is InChI=1S/C30H45NO3/c1-18-13-27-28(31(17-18)11-12-32)20(3)30(34-27)10-8-23-24-6-5-21-14-22(33)7-9-29(21,4)26(24)15-25(23)19(2)16-30/h14,18,20,23-24,26-28,32H,5-13,15-17H2,1-4H3/t18-,20+,23-,24-,26-,27+,28-,29?,30?/m0/s1. The molecular formula is C30H45NO3. The Morgan fingerprint density at radius 1 is 1.21 bits per heavy atom. The molecule has 2 saturated carbocycles. The molecule has 2 aliphatic heterocycles. The number of rotatable bonds is 2. The lowest BCUT2D eigenvalue weighted by Gasteiger charge is -2.48. The highest BCUT2D eigenvalue weighted by atomic mass is 16.5. The van der Waals surface area contributed by atoms with E-state index in [9.17, 15) is 9.90 Å². The number of hydrogen-bond acceptors (Lipinski definition) is 4. The summed E-state index contributed by atoms with van der Waals surface area (Å²) in [5.41, 5.74) is 5.04. The van der Waals surface area contributed by atoms with Gasteiger partial charge in [-0.15, -0.1) is 0 Å². The van der Waals surface area contributed by atoms with E-state index in [1.165, 1.54) is 31.3 Å². The number of aliphatic hydroxyl groups excluding tert-OH is 1. The van der Waals surface area contributed by atoms with Crippen molar-refractivity contribution in [2.45, 2.75) is 103 Å². The van der Waals surface area contributed by atoms with Gasteiger partial charge in [0, 0.05) is 31.5 Å². The van der Waals surface area contributed by atoms with Gasteiger partial charge in [0.25, 0.3) is 0 Å². The molecule has 4 heteroatoms. The van der Waals surface area contributed by atoms with Gasteiger partial charge in [-0.2, -0.15) is 0 Å². The Balaban J connectivity index is 1.29. The van der Waals surface area contributed by atoms with E-state index in [2.05, 4.69) is 32.6 Å². The van der Waals surface area contributed by atoms with Crippen molar-refractivity contribution < 1.29 is 14.6 Å².